The molecule has 1 aromatic carbocycles. The van der Waals surface area contributed by atoms with Crippen LogP contribution < -0.4 is 48.3 Å². The highest BCUT2D eigenvalue weighted by molar-refractivity contribution is 5.97. The van der Waals surface area contributed by atoms with Gasteiger partial charge >= 0.3 is 5.97 Å². The molecule has 0 aliphatic carbocycles. The van der Waals surface area contributed by atoms with Gasteiger partial charge in [-0.3, -0.25) is 38.4 Å². The van der Waals surface area contributed by atoms with Crippen LogP contribution in [0.25, 0.3) is 0 Å². The highest BCUT2D eigenvalue weighted by Crippen LogP contribution is 2.07. The van der Waals surface area contributed by atoms with Crippen LogP contribution in [-0.4, -0.2) is 115 Å². The maximum absolute atomic E-state index is 13.7. The molecule has 286 valence electrons. The van der Waals surface area contributed by atoms with Crippen LogP contribution in [0, 0.1) is 0 Å². The largest absolute Gasteiger partial charge is 0.480 e. The topological polar surface area (TPSA) is 296 Å². The molecule has 2 rings (SSSR count). The minimum atomic E-state index is -1.49. The first kappa shape index (κ1) is 42.6. The van der Waals surface area contributed by atoms with Crippen molar-refractivity contribution in [2.75, 3.05) is 26.2 Å². The number of hydrogen-bond acceptors (Lipinski definition) is 10. The van der Waals surface area contributed by atoms with E-state index in [0.29, 0.717) is 5.56 Å². The third kappa shape index (κ3) is 16.0. The Morgan fingerprint density at radius 1 is 0.846 bits per heavy atom. The fourth-order valence-corrected chi connectivity index (χ4v) is 5.02. The number of benzene rings is 1. The summed E-state index contributed by atoms with van der Waals surface area (Å²) in [6, 6.07) is 2.16. The van der Waals surface area contributed by atoms with Gasteiger partial charge in [-0.15, -0.1) is 0 Å². The van der Waals surface area contributed by atoms with E-state index in [2.05, 4.69) is 42.5 Å². The van der Waals surface area contributed by atoms with Crippen molar-refractivity contribution in [2.45, 2.75) is 89.0 Å². The van der Waals surface area contributed by atoms with Gasteiger partial charge in [0.15, 0.2) is 0 Å². The van der Waals surface area contributed by atoms with E-state index in [0.717, 1.165) is 0 Å². The highest BCUT2D eigenvalue weighted by Gasteiger charge is 2.31. The molecule has 0 aromatic heterocycles. The highest BCUT2D eigenvalue weighted by atomic mass is 16.4. The van der Waals surface area contributed by atoms with Crippen molar-refractivity contribution >= 4 is 53.2 Å². The third-order valence-electron chi connectivity index (χ3n) is 7.83. The van der Waals surface area contributed by atoms with Crippen LogP contribution in [0.5, 0.6) is 0 Å². The number of hydrogen-bond donors (Lipinski definition) is 10. The molecule has 52 heavy (non-hydrogen) atoms. The number of amides is 8. The van der Waals surface area contributed by atoms with E-state index in [-0.39, 0.29) is 51.6 Å². The van der Waals surface area contributed by atoms with Crippen molar-refractivity contribution in [2.24, 2.45) is 5.73 Å². The molecule has 0 spiro atoms. The predicted octanol–water partition coefficient (Wildman–Crippen LogP) is -3.56. The Bertz CT molecular complexity index is 1440. The normalized spacial score (nSPS) is 23.3. The van der Waals surface area contributed by atoms with Gasteiger partial charge in [0.2, 0.25) is 47.3 Å². The Kier molecular flexibility index (Phi) is 18.2. The van der Waals surface area contributed by atoms with Gasteiger partial charge in [-0.1, -0.05) is 30.3 Å². The Morgan fingerprint density at radius 3 is 2.19 bits per heavy atom. The zero-order valence-electron chi connectivity index (χ0n) is 29.3. The first-order chi connectivity index (χ1) is 24.7. The molecule has 3 unspecified atom stereocenters. The molecule has 8 amide bonds. The maximum Gasteiger partial charge on any atom is 0.326 e. The van der Waals surface area contributed by atoms with E-state index in [1.165, 1.54) is 13.8 Å². The average Bonchev–Trinajstić information content (AvgIpc) is 3.09. The lowest BCUT2D eigenvalue weighted by Crippen LogP contribution is -2.58. The summed E-state index contributed by atoms with van der Waals surface area (Å²) in [5, 5.41) is 29.2. The second-order valence-electron chi connectivity index (χ2n) is 12.2. The van der Waals surface area contributed by atoms with Crippen LogP contribution in [0.15, 0.2) is 30.3 Å². The monoisotopic (exact) mass is 731 g/mol. The van der Waals surface area contributed by atoms with Crippen molar-refractivity contribution in [3.05, 3.63) is 35.9 Å². The van der Waals surface area contributed by atoms with Crippen molar-refractivity contribution in [1.82, 2.24) is 42.5 Å². The summed E-state index contributed by atoms with van der Waals surface area (Å²) in [5.41, 5.74) is 6.33. The predicted molar refractivity (Wildman–Crippen MR) is 185 cm³/mol. The Labute approximate surface area is 300 Å². The summed E-state index contributed by atoms with van der Waals surface area (Å²) < 4.78 is 0. The SMILES string of the molecule is CC(=O)NCC(=O)NC1CC(=O)NCCCCC(C(=O)O)NC(=O)[C@H](C)NC(=O)CNC(=O)C(Cc2ccccc2)NC(=O)[C@H](CCCN)NC1=O. The number of rotatable bonds is 9. The molecule has 19 nitrogen and oxygen atoms in total. The van der Waals surface area contributed by atoms with Crippen LogP contribution in [0.1, 0.15) is 57.9 Å². The van der Waals surface area contributed by atoms with Gasteiger partial charge in [0, 0.05) is 19.9 Å². The first-order valence-corrected chi connectivity index (χ1v) is 17.0. The van der Waals surface area contributed by atoms with Crippen molar-refractivity contribution < 1.29 is 48.3 Å². The van der Waals surface area contributed by atoms with Crippen LogP contribution in [0.2, 0.25) is 0 Å². The summed E-state index contributed by atoms with van der Waals surface area (Å²) in [6.45, 7) is 1.65. The molecular formula is C33H49N9O10. The van der Waals surface area contributed by atoms with Crippen LogP contribution >= 0.6 is 0 Å². The van der Waals surface area contributed by atoms with Gasteiger partial charge in [0.25, 0.3) is 0 Å². The molecule has 1 fully saturated rings. The number of carboxylic acid groups (broad SMARTS) is 1. The number of nitrogens with one attached hydrogen (secondary N) is 8. The summed E-state index contributed by atoms with van der Waals surface area (Å²) >= 11 is 0. The quantitative estimate of drug-likeness (QED) is 0.119. The van der Waals surface area contributed by atoms with Crippen LogP contribution in [0.4, 0.5) is 0 Å². The molecule has 1 aliphatic heterocycles. The lowest BCUT2D eigenvalue weighted by atomic mass is 10.0. The van der Waals surface area contributed by atoms with Gasteiger partial charge in [-0.2, -0.15) is 0 Å². The zero-order valence-corrected chi connectivity index (χ0v) is 29.3. The van der Waals surface area contributed by atoms with E-state index < -0.39 is 103 Å². The second kappa shape index (κ2) is 22.3. The molecule has 0 radical (unpaired) electrons. The molecule has 1 saturated heterocycles. The van der Waals surface area contributed by atoms with Crippen molar-refractivity contribution in [1.29, 1.82) is 0 Å². The van der Waals surface area contributed by atoms with Gasteiger partial charge < -0.3 is 53.4 Å². The number of nitrogens with two attached hydrogens (primary N) is 1. The van der Waals surface area contributed by atoms with Crippen LogP contribution in [0.3, 0.4) is 0 Å². The molecule has 1 aromatic rings. The molecule has 19 heteroatoms. The Hall–Kier alpha value is -5.59. The number of aliphatic carboxylic acids is 1. The van der Waals surface area contributed by atoms with Crippen LogP contribution in [-0.2, 0) is 49.6 Å². The Balaban J connectivity index is 2.41. The summed E-state index contributed by atoms with van der Waals surface area (Å²) in [6.07, 6.45) is 0.239. The molecule has 0 bridgehead atoms. The molecule has 0 saturated carbocycles. The van der Waals surface area contributed by atoms with E-state index >= 15 is 0 Å². The maximum atomic E-state index is 13.7. The average molecular weight is 732 g/mol. The third-order valence-corrected chi connectivity index (χ3v) is 7.83. The summed E-state index contributed by atoms with van der Waals surface area (Å²) in [7, 11) is 0. The molecule has 11 N–H and O–H groups in total. The first-order valence-electron chi connectivity index (χ1n) is 17.0. The standard InChI is InChI=1S/C33H49N9O10/c1-19-29(47)41-23(33(51)52)11-6-7-14-35-26(44)16-25(39-28(46)17-36-20(2)43)32(50)40-22(12-8-13-34)31(49)42-24(15-21-9-4-3-5-10-21)30(48)37-18-27(45)38-19/h3-5,9-10,19,22-25H,6-8,11-18,34H2,1-2H3,(H,35,44)(H,36,43)(H,37,48)(H,38,45)(H,39,46)(H,40,50)(H,41,47)(H,42,49)(H,51,52)/t19-,22-,23?,24?,25?/m0/s1. The zero-order chi connectivity index (χ0) is 38.6. The van der Waals surface area contributed by atoms with E-state index in [1.54, 1.807) is 30.3 Å². The summed E-state index contributed by atoms with van der Waals surface area (Å²) in [4.78, 5) is 115. The molecule has 1 heterocycles. The minimum absolute atomic E-state index is 0.00801. The van der Waals surface area contributed by atoms with Gasteiger partial charge in [-0.25, -0.2) is 4.79 Å². The van der Waals surface area contributed by atoms with Gasteiger partial charge in [0.1, 0.15) is 30.2 Å². The lowest BCUT2D eigenvalue weighted by Gasteiger charge is -2.25. The smallest absolute Gasteiger partial charge is 0.326 e. The second-order valence-corrected chi connectivity index (χ2v) is 12.2. The fraction of sp³-hybridized carbons (Fsp3) is 0.545. The minimum Gasteiger partial charge on any atom is -0.480 e. The van der Waals surface area contributed by atoms with E-state index in [4.69, 9.17) is 5.73 Å². The van der Waals surface area contributed by atoms with E-state index in [9.17, 15) is 48.3 Å². The van der Waals surface area contributed by atoms with Crippen molar-refractivity contribution in [3.8, 4) is 0 Å². The Morgan fingerprint density at radius 2 is 1.54 bits per heavy atom. The van der Waals surface area contributed by atoms with Gasteiger partial charge in [-0.05, 0) is 51.1 Å². The van der Waals surface area contributed by atoms with E-state index in [1.807, 2.05) is 0 Å². The number of carbonyl (C=O) groups is 9. The number of carbonyl (C=O) groups excluding carboxylic acids is 8. The molecular weight excluding hydrogens is 682 g/mol. The lowest BCUT2D eigenvalue weighted by molar-refractivity contribution is -0.142. The molecule has 1 aliphatic rings. The number of carboxylic acids is 1. The molecule has 5 atom stereocenters. The summed E-state index contributed by atoms with van der Waals surface area (Å²) in [5.74, 6) is -7.27. The fourth-order valence-electron chi connectivity index (χ4n) is 5.02. The van der Waals surface area contributed by atoms with Gasteiger partial charge in [0.05, 0.1) is 19.5 Å². The van der Waals surface area contributed by atoms with Crippen molar-refractivity contribution in [3.63, 3.8) is 0 Å².